The molecule has 1 N–H and O–H groups in total. The van der Waals surface area contributed by atoms with Gasteiger partial charge < -0.3 is 14.7 Å². The van der Waals surface area contributed by atoms with Crippen molar-refractivity contribution in [3.63, 3.8) is 0 Å². The van der Waals surface area contributed by atoms with Gasteiger partial charge >= 0.3 is 5.97 Å². The van der Waals surface area contributed by atoms with E-state index in [9.17, 15) is 9.59 Å². The first kappa shape index (κ1) is 16.2. The van der Waals surface area contributed by atoms with E-state index in [2.05, 4.69) is 13.8 Å². The maximum absolute atomic E-state index is 12.7. The molecule has 0 spiro atoms. The van der Waals surface area contributed by atoms with Crippen LogP contribution in [0.2, 0.25) is 0 Å². The number of aliphatic carboxylic acids is 1. The van der Waals surface area contributed by atoms with Gasteiger partial charge in [-0.3, -0.25) is 14.5 Å². The molecule has 1 heterocycles. The quantitative estimate of drug-likeness (QED) is 0.780. The van der Waals surface area contributed by atoms with Crippen molar-refractivity contribution in [3.05, 3.63) is 0 Å². The van der Waals surface area contributed by atoms with Gasteiger partial charge in [-0.1, -0.05) is 13.8 Å². The molecule has 2 rings (SSSR count). The molecule has 1 aliphatic carbocycles. The molecule has 120 valence electrons. The van der Waals surface area contributed by atoms with Crippen LogP contribution in [0.4, 0.5) is 0 Å². The fourth-order valence-corrected chi connectivity index (χ4v) is 3.15. The Morgan fingerprint density at radius 1 is 1.43 bits per heavy atom. The molecule has 1 amide bonds. The van der Waals surface area contributed by atoms with Gasteiger partial charge in [0.1, 0.15) is 0 Å². The van der Waals surface area contributed by atoms with E-state index < -0.39 is 5.97 Å². The maximum Gasteiger partial charge on any atom is 0.317 e. The Morgan fingerprint density at radius 3 is 2.62 bits per heavy atom. The number of morpholine rings is 1. The second-order valence-corrected chi connectivity index (χ2v) is 6.65. The van der Waals surface area contributed by atoms with Crippen LogP contribution in [0, 0.1) is 11.3 Å². The van der Waals surface area contributed by atoms with Gasteiger partial charge in [0, 0.05) is 19.6 Å². The number of rotatable bonds is 6. The Morgan fingerprint density at radius 2 is 2.10 bits per heavy atom. The van der Waals surface area contributed by atoms with Crippen molar-refractivity contribution in [1.82, 2.24) is 9.80 Å². The summed E-state index contributed by atoms with van der Waals surface area (Å²) in [5.41, 5.74) is -0.144. The summed E-state index contributed by atoms with van der Waals surface area (Å²) in [5.74, 6) is -0.217. The van der Waals surface area contributed by atoms with Crippen LogP contribution in [0.5, 0.6) is 0 Å². The van der Waals surface area contributed by atoms with Crippen LogP contribution in [0.25, 0.3) is 0 Å². The molecule has 1 atom stereocenters. The molecule has 6 nitrogen and oxygen atoms in total. The van der Waals surface area contributed by atoms with E-state index in [1.165, 1.54) is 0 Å². The van der Waals surface area contributed by atoms with Gasteiger partial charge in [0.2, 0.25) is 5.91 Å². The normalized spacial score (nSPS) is 24.4. The highest BCUT2D eigenvalue weighted by atomic mass is 16.5. The highest BCUT2D eigenvalue weighted by Crippen LogP contribution is 2.53. The Hall–Kier alpha value is -1.14. The number of likely N-dealkylation sites (N-methyl/N-ethyl adjacent to an activating group) is 1. The van der Waals surface area contributed by atoms with Crippen molar-refractivity contribution < 1.29 is 19.4 Å². The first-order valence-corrected chi connectivity index (χ1v) is 7.66. The number of ether oxygens (including phenoxy) is 1. The van der Waals surface area contributed by atoms with Gasteiger partial charge in [-0.25, -0.2) is 0 Å². The zero-order valence-electron chi connectivity index (χ0n) is 13.2. The van der Waals surface area contributed by atoms with E-state index in [0.29, 0.717) is 32.2 Å². The number of carbonyl (C=O) groups is 2. The van der Waals surface area contributed by atoms with Gasteiger partial charge in [0.05, 0.1) is 24.7 Å². The monoisotopic (exact) mass is 298 g/mol. The number of carboxylic acid groups (broad SMARTS) is 1. The van der Waals surface area contributed by atoms with Crippen LogP contribution in [0.3, 0.4) is 0 Å². The zero-order chi connectivity index (χ0) is 15.6. The van der Waals surface area contributed by atoms with Crippen LogP contribution in [-0.4, -0.2) is 72.7 Å². The maximum atomic E-state index is 12.7. The molecular weight excluding hydrogens is 272 g/mol. The summed E-state index contributed by atoms with van der Waals surface area (Å²) in [6, 6.07) is 0. The van der Waals surface area contributed by atoms with Crippen molar-refractivity contribution in [2.45, 2.75) is 32.8 Å². The van der Waals surface area contributed by atoms with Crippen molar-refractivity contribution in [2.75, 3.05) is 39.8 Å². The molecule has 2 aliphatic rings. The van der Waals surface area contributed by atoms with Gasteiger partial charge in [-0.15, -0.1) is 0 Å². The third kappa shape index (κ3) is 3.74. The fraction of sp³-hybridized carbons (Fsp3) is 0.867. The second kappa shape index (κ2) is 6.32. The van der Waals surface area contributed by atoms with E-state index >= 15 is 0 Å². The minimum Gasteiger partial charge on any atom is -0.480 e. The number of hydrogen-bond donors (Lipinski definition) is 1. The van der Waals surface area contributed by atoms with Crippen molar-refractivity contribution >= 4 is 11.9 Å². The standard InChI is InChI=1S/C15H26N2O4/c1-11(2)15(4-5-15)14(20)17-6-7-21-12(9-17)8-16(3)10-13(18)19/h11-12H,4-10H2,1-3H3,(H,18,19). The summed E-state index contributed by atoms with van der Waals surface area (Å²) in [4.78, 5) is 27.0. The predicted molar refractivity (Wildman–Crippen MR) is 78.0 cm³/mol. The molecule has 1 aliphatic heterocycles. The number of carbonyl (C=O) groups excluding carboxylic acids is 1. The first-order valence-electron chi connectivity index (χ1n) is 7.66. The largest absolute Gasteiger partial charge is 0.480 e. The Labute approximate surface area is 126 Å². The first-order chi connectivity index (χ1) is 9.85. The Balaban J connectivity index is 1.89. The third-order valence-electron chi connectivity index (χ3n) is 4.67. The summed E-state index contributed by atoms with van der Waals surface area (Å²) in [6.45, 7) is 6.50. The highest BCUT2D eigenvalue weighted by molar-refractivity contribution is 5.85. The fourth-order valence-electron chi connectivity index (χ4n) is 3.15. The van der Waals surface area contributed by atoms with E-state index in [0.717, 1.165) is 12.8 Å². The lowest BCUT2D eigenvalue weighted by molar-refractivity contribution is -0.148. The molecule has 0 bridgehead atoms. The summed E-state index contributed by atoms with van der Waals surface area (Å²) in [7, 11) is 1.76. The number of carboxylic acids is 1. The molecule has 21 heavy (non-hydrogen) atoms. The molecule has 1 saturated heterocycles. The number of hydrogen-bond acceptors (Lipinski definition) is 4. The SMILES string of the molecule is CC(C)C1(C(=O)N2CCOC(CN(C)CC(=O)O)C2)CC1. The second-order valence-electron chi connectivity index (χ2n) is 6.65. The molecule has 0 aromatic rings. The average molecular weight is 298 g/mol. The number of nitrogens with zero attached hydrogens (tertiary/aromatic N) is 2. The van der Waals surface area contributed by atoms with Crippen LogP contribution in [0.1, 0.15) is 26.7 Å². The van der Waals surface area contributed by atoms with E-state index in [1.807, 2.05) is 4.90 Å². The predicted octanol–water partition coefficient (Wildman–Crippen LogP) is 0.666. The van der Waals surface area contributed by atoms with Gasteiger partial charge in [0.25, 0.3) is 0 Å². The zero-order valence-corrected chi connectivity index (χ0v) is 13.2. The molecule has 0 aromatic carbocycles. The van der Waals surface area contributed by atoms with Crippen LogP contribution < -0.4 is 0 Å². The molecule has 0 aromatic heterocycles. The molecule has 6 heteroatoms. The van der Waals surface area contributed by atoms with Gasteiger partial charge in [-0.2, -0.15) is 0 Å². The van der Waals surface area contributed by atoms with Gasteiger partial charge in [-0.05, 0) is 25.8 Å². The summed E-state index contributed by atoms with van der Waals surface area (Å²) in [6.07, 6.45) is 1.88. The number of amides is 1. The lowest BCUT2D eigenvalue weighted by atomic mass is 9.90. The van der Waals surface area contributed by atoms with E-state index in [4.69, 9.17) is 9.84 Å². The molecule has 1 unspecified atom stereocenters. The van der Waals surface area contributed by atoms with Crippen molar-refractivity contribution in [2.24, 2.45) is 11.3 Å². The third-order valence-corrected chi connectivity index (χ3v) is 4.67. The van der Waals surface area contributed by atoms with Crippen LogP contribution >= 0.6 is 0 Å². The molecule has 2 fully saturated rings. The van der Waals surface area contributed by atoms with E-state index in [1.54, 1.807) is 11.9 Å². The lowest BCUT2D eigenvalue weighted by Crippen LogP contribution is -2.52. The molecule has 1 saturated carbocycles. The Bertz CT molecular complexity index is 406. The summed E-state index contributed by atoms with van der Waals surface area (Å²) in [5, 5.41) is 8.78. The van der Waals surface area contributed by atoms with Crippen molar-refractivity contribution in [1.29, 1.82) is 0 Å². The summed E-state index contributed by atoms with van der Waals surface area (Å²) < 4.78 is 5.68. The molecule has 0 radical (unpaired) electrons. The smallest absolute Gasteiger partial charge is 0.317 e. The topological polar surface area (TPSA) is 70.1 Å². The van der Waals surface area contributed by atoms with Crippen molar-refractivity contribution in [3.8, 4) is 0 Å². The average Bonchev–Trinajstić information content (AvgIpc) is 3.18. The van der Waals surface area contributed by atoms with Crippen LogP contribution in [-0.2, 0) is 14.3 Å². The lowest BCUT2D eigenvalue weighted by Gasteiger charge is -2.37. The highest BCUT2D eigenvalue weighted by Gasteiger charge is 2.54. The Kier molecular flexibility index (Phi) is 4.88. The van der Waals surface area contributed by atoms with E-state index in [-0.39, 0.29) is 24.0 Å². The molecular formula is C15H26N2O4. The van der Waals surface area contributed by atoms with Gasteiger partial charge in [0.15, 0.2) is 0 Å². The minimum atomic E-state index is -0.849. The summed E-state index contributed by atoms with van der Waals surface area (Å²) >= 11 is 0. The van der Waals surface area contributed by atoms with Crippen LogP contribution in [0.15, 0.2) is 0 Å². The minimum absolute atomic E-state index is 0.0102.